The molecule has 0 radical (unpaired) electrons. The number of fused-ring (bicyclic) bond motifs is 5. The molecular weight excluding hydrogens is 1000 g/mol. The lowest BCUT2D eigenvalue weighted by Gasteiger charge is -2.62. The molecule has 4 saturated carbocycles. The van der Waals surface area contributed by atoms with Gasteiger partial charge in [0.05, 0.1) is 45.7 Å². The Bertz CT molecular complexity index is 2530. The second-order valence-electron chi connectivity index (χ2n) is 25.6. The zero-order chi connectivity index (χ0) is 57.5. The third-order valence-corrected chi connectivity index (χ3v) is 19.1. The number of aliphatic hydroxyl groups is 1. The fourth-order valence-corrected chi connectivity index (χ4v) is 14.4. The van der Waals surface area contributed by atoms with Gasteiger partial charge in [-0.3, -0.25) is 19.1 Å². The lowest BCUT2D eigenvalue weighted by Crippen LogP contribution is -2.63. The van der Waals surface area contributed by atoms with Gasteiger partial charge in [0.25, 0.3) is 0 Å². The minimum Gasteiger partial charge on any atom is -0.497 e. The predicted octanol–water partition coefficient (Wildman–Crippen LogP) is 9.41. The maximum Gasteiger partial charge on any atom is 0.408 e. The maximum atomic E-state index is 14.9. The van der Waals surface area contributed by atoms with E-state index in [1.807, 2.05) is 56.3 Å². The predicted molar refractivity (Wildman–Crippen MR) is 299 cm³/mol. The largest absolute Gasteiger partial charge is 0.497 e. The topological polar surface area (TPSA) is 210 Å². The quantitative estimate of drug-likeness (QED) is 0.0598. The molecule has 79 heavy (non-hydrogen) atoms. The molecule has 4 aliphatic carbocycles. The Kier molecular flexibility index (Phi) is 20.0. The summed E-state index contributed by atoms with van der Waals surface area (Å²) in [5, 5.41) is 26.8. The summed E-state index contributed by atoms with van der Waals surface area (Å²) >= 11 is 0. The van der Waals surface area contributed by atoms with Crippen molar-refractivity contribution < 1.29 is 52.8 Å². The molecule has 4 fully saturated rings. The number of carbonyl (C=O) groups excluding carboxylic acids is 5. The first-order valence-corrected chi connectivity index (χ1v) is 29.1. The Labute approximate surface area is 469 Å². The average molecular weight is 1100 g/mol. The molecule has 4 aliphatic rings. The number of benzene rings is 2. The highest BCUT2D eigenvalue weighted by Crippen LogP contribution is 2.68. The summed E-state index contributed by atoms with van der Waals surface area (Å²) < 4.78 is 29.5. The van der Waals surface area contributed by atoms with E-state index in [0.717, 1.165) is 68.9 Å². The summed E-state index contributed by atoms with van der Waals surface area (Å²) in [6.45, 7) is 19.6. The number of ether oxygens (including phenoxy) is 5. The van der Waals surface area contributed by atoms with Crippen LogP contribution in [0.1, 0.15) is 157 Å². The van der Waals surface area contributed by atoms with Crippen LogP contribution in [0.3, 0.4) is 0 Å². The molecule has 1 heterocycles. The first kappa shape index (κ1) is 61.1. The van der Waals surface area contributed by atoms with Crippen LogP contribution in [0.5, 0.6) is 5.75 Å². The van der Waals surface area contributed by atoms with E-state index in [0.29, 0.717) is 66.2 Å². The molecule has 0 saturated heterocycles. The number of hydrogen-bond donors (Lipinski definition) is 3. The number of amides is 3. The van der Waals surface area contributed by atoms with Crippen LogP contribution in [0.25, 0.3) is 0 Å². The van der Waals surface area contributed by atoms with Crippen molar-refractivity contribution in [3.8, 4) is 5.75 Å². The molecule has 7 rings (SSSR count). The monoisotopic (exact) mass is 1100 g/mol. The summed E-state index contributed by atoms with van der Waals surface area (Å²) in [7, 11) is 3.02. The van der Waals surface area contributed by atoms with E-state index in [1.54, 1.807) is 64.7 Å². The Balaban J connectivity index is 0.956. The maximum absolute atomic E-state index is 14.9. The van der Waals surface area contributed by atoms with Crippen LogP contribution in [0.2, 0.25) is 0 Å². The Morgan fingerprint density at radius 2 is 1.59 bits per heavy atom. The molecule has 0 unspecified atom stereocenters. The number of alkyl carbamates (subject to hydrolysis) is 1. The molecule has 13 atom stereocenters. The summed E-state index contributed by atoms with van der Waals surface area (Å²) in [4.78, 5) is 69.8. The Morgan fingerprint density at radius 1 is 0.873 bits per heavy atom. The highest BCUT2D eigenvalue weighted by molar-refractivity contribution is 5.94. The van der Waals surface area contributed by atoms with Crippen molar-refractivity contribution in [1.82, 2.24) is 30.5 Å². The Hall–Kier alpha value is -5.55. The first-order valence-electron chi connectivity index (χ1n) is 29.1. The van der Waals surface area contributed by atoms with Crippen molar-refractivity contribution >= 4 is 29.8 Å². The summed E-state index contributed by atoms with van der Waals surface area (Å²) in [5.41, 5.74) is -0.0744. The molecule has 17 heteroatoms. The van der Waals surface area contributed by atoms with Crippen LogP contribution in [0.4, 0.5) is 4.79 Å². The molecule has 1 aromatic heterocycles. The van der Waals surface area contributed by atoms with Crippen molar-refractivity contribution in [2.45, 2.75) is 201 Å². The van der Waals surface area contributed by atoms with E-state index in [9.17, 15) is 29.1 Å². The zero-order valence-corrected chi connectivity index (χ0v) is 49.3. The van der Waals surface area contributed by atoms with Crippen molar-refractivity contribution in [2.24, 2.45) is 52.3 Å². The van der Waals surface area contributed by atoms with Crippen LogP contribution >= 0.6 is 0 Å². The normalized spacial score (nSPS) is 27.1. The van der Waals surface area contributed by atoms with Gasteiger partial charge in [0.1, 0.15) is 41.3 Å². The Morgan fingerprint density at radius 3 is 2.27 bits per heavy atom. The van der Waals surface area contributed by atoms with E-state index in [4.69, 9.17) is 23.7 Å². The zero-order valence-electron chi connectivity index (χ0n) is 49.3. The molecule has 0 bridgehead atoms. The number of methoxy groups -OCH3 is 2. The molecule has 436 valence electrons. The van der Waals surface area contributed by atoms with Gasteiger partial charge in [-0.05, 0) is 174 Å². The average Bonchev–Trinajstić information content (AvgIpc) is 4.15. The second-order valence-corrected chi connectivity index (χ2v) is 25.6. The third kappa shape index (κ3) is 14.5. The van der Waals surface area contributed by atoms with E-state index < -0.39 is 47.1 Å². The van der Waals surface area contributed by atoms with Crippen LogP contribution < -0.4 is 15.4 Å². The van der Waals surface area contributed by atoms with Gasteiger partial charge in [-0.1, -0.05) is 88.7 Å². The molecule has 3 amide bonds. The van der Waals surface area contributed by atoms with Crippen molar-refractivity contribution in [1.29, 1.82) is 0 Å². The smallest absolute Gasteiger partial charge is 0.408 e. The van der Waals surface area contributed by atoms with Crippen LogP contribution in [-0.2, 0) is 64.2 Å². The van der Waals surface area contributed by atoms with E-state index in [-0.39, 0.29) is 61.2 Å². The lowest BCUT2D eigenvalue weighted by atomic mass is 9.43. The molecule has 0 aliphatic heterocycles. The van der Waals surface area contributed by atoms with Gasteiger partial charge >= 0.3 is 18.0 Å². The number of aliphatic hydroxyl groups excluding tert-OH is 1. The van der Waals surface area contributed by atoms with Gasteiger partial charge in [0.2, 0.25) is 11.8 Å². The number of aromatic nitrogens is 3. The molecule has 17 nitrogen and oxygen atoms in total. The molecule has 3 N–H and O–H groups in total. The van der Waals surface area contributed by atoms with Crippen molar-refractivity contribution in [3.63, 3.8) is 0 Å². The van der Waals surface area contributed by atoms with Gasteiger partial charge in [-0.2, -0.15) is 0 Å². The fraction of sp³-hybridized carbons (Fsp3) is 0.694. The van der Waals surface area contributed by atoms with Gasteiger partial charge in [-0.15, -0.1) is 5.10 Å². The van der Waals surface area contributed by atoms with E-state index in [1.165, 1.54) is 12.0 Å². The van der Waals surface area contributed by atoms with Crippen LogP contribution in [-0.4, -0.2) is 111 Å². The number of carbonyl (C=O) groups is 5. The second kappa shape index (κ2) is 25.9. The highest BCUT2D eigenvalue weighted by atomic mass is 16.6. The van der Waals surface area contributed by atoms with Crippen molar-refractivity contribution in [2.75, 3.05) is 20.8 Å². The first-order chi connectivity index (χ1) is 37.4. The van der Waals surface area contributed by atoms with E-state index >= 15 is 0 Å². The standard InChI is InChI=1S/C62H92N6O11/c1-13-39(2)55(64-58(74)79-59(4,5)6)56(72)68(34-42-20-23-46(75-11)24-21-42)60(7,8)57(73)63-44(31-41-17-15-14-16-18-41)35-67-36-45(65-66-67)37-77-38-54(71)78-47-29-30-61(9)43(32-47)22-25-48-50-27-26-49(40(3)19-28-53(70)76-12)62(50,10)52(69)33-51(48)61/h14-18,20-21,23-24,36,39-40,43-44,47-52,55,69H,13,19,22,25-35,37-38H2,1-12H3,(H,63,73)(H,64,74)/t39-,40+,43+,44-,47+,48-,49+,50-,51-,52-,55-,61-,62+/m0/s1. The van der Waals surface area contributed by atoms with Crippen LogP contribution in [0, 0.1) is 52.3 Å². The minimum atomic E-state index is -1.43. The minimum absolute atomic E-state index is 0.0245. The summed E-state index contributed by atoms with van der Waals surface area (Å²) in [5.74, 6) is 1.49. The van der Waals surface area contributed by atoms with Crippen molar-refractivity contribution in [3.05, 3.63) is 77.6 Å². The molecule has 0 spiro atoms. The van der Waals surface area contributed by atoms with Crippen LogP contribution in [0.15, 0.2) is 60.8 Å². The molecule has 2 aromatic carbocycles. The third-order valence-electron chi connectivity index (χ3n) is 19.1. The number of rotatable bonds is 23. The van der Waals surface area contributed by atoms with Gasteiger partial charge < -0.3 is 44.3 Å². The molecular formula is C62H92N6O11. The van der Waals surface area contributed by atoms with Gasteiger partial charge in [0, 0.05) is 13.0 Å². The fourth-order valence-electron chi connectivity index (χ4n) is 14.4. The summed E-state index contributed by atoms with van der Waals surface area (Å²) in [6, 6.07) is 15.6. The number of nitrogens with zero attached hydrogens (tertiary/aromatic N) is 4. The highest BCUT2D eigenvalue weighted by Gasteiger charge is 2.64. The van der Waals surface area contributed by atoms with Gasteiger partial charge in [-0.25, -0.2) is 9.59 Å². The summed E-state index contributed by atoms with van der Waals surface area (Å²) in [6.07, 6.45) is 10.4. The lowest BCUT2D eigenvalue weighted by molar-refractivity contribution is -0.183. The van der Waals surface area contributed by atoms with E-state index in [2.05, 4.69) is 41.7 Å². The molecule has 3 aromatic rings. The SMILES string of the molecule is CC[C@H](C)[C@H](NC(=O)OC(C)(C)C)C(=O)N(Cc1ccc(OC)cc1)C(C)(C)C(=O)N[C@@H](Cc1ccccc1)Cn1cc(COCC(=O)O[C@@H]2CC[C@@]3(C)[C@H](CC[C@@H]4[C@@H]3C[C@H](O)[C@]3(C)[C@@H]([C@H](C)CCC(=O)OC)CC[C@@H]43)C2)nn1. The number of nitrogens with one attached hydrogen (secondary N) is 2. The van der Waals surface area contributed by atoms with Gasteiger partial charge in [0.15, 0.2) is 0 Å². The number of hydrogen-bond acceptors (Lipinski definition) is 13. The number of esters is 2.